The number of carbonyl (C=O) groups is 1. The Morgan fingerprint density at radius 1 is 1.60 bits per heavy atom. The van der Waals surface area contributed by atoms with Gasteiger partial charge in [0.15, 0.2) is 0 Å². The highest BCUT2D eigenvalue weighted by Gasteiger charge is 2.35. The van der Waals surface area contributed by atoms with Crippen LogP contribution >= 0.6 is 0 Å². The van der Waals surface area contributed by atoms with Crippen LogP contribution in [-0.2, 0) is 14.9 Å². The van der Waals surface area contributed by atoms with Gasteiger partial charge >= 0.3 is 0 Å². The van der Waals surface area contributed by atoms with Gasteiger partial charge in [0.05, 0.1) is 0 Å². The summed E-state index contributed by atoms with van der Waals surface area (Å²) in [7, 11) is -4.23. The normalized spacial score (nSPS) is 17.9. The van der Waals surface area contributed by atoms with Gasteiger partial charge in [-0.2, -0.15) is 8.42 Å². The van der Waals surface area contributed by atoms with Crippen molar-refractivity contribution in [2.45, 2.75) is 25.0 Å². The smallest absolute Gasteiger partial charge is 0.277 e. The first kappa shape index (κ1) is 9.58. The topological polar surface area (TPSA) is 71.4 Å². The maximum Gasteiger partial charge on any atom is 0.277 e. The van der Waals surface area contributed by atoms with E-state index >= 15 is 0 Å². The van der Waals surface area contributed by atoms with Crippen LogP contribution in [0.1, 0.15) is 20.3 Å². The number of aldehydes is 1. The molecule has 0 amide bonds. The molecule has 0 bridgehead atoms. The van der Waals surface area contributed by atoms with E-state index in [1.165, 1.54) is 13.8 Å². The van der Waals surface area contributed by atoms with Crippen molar-refractivity contribution in [2.24, 2.45) is 0 Å². The zero-order valence-electron chi connectivity index (χ0n) is 5.86. The fourth-order valence-corrected chi connectivity index (χ4v) is 0.813. The first-order chi connectivity index (χ1) is 4.37. The van der Waals surface area contributed by atoms with Crippen LogP contribution in [0.15, 0.2) is 0 Å². The fraction of sp³-hybridized carbons (Fsp3) is 0.800. The van der Waals surface area contributed by atoms with Crippen LogP contribution in [0, 0.1) is 0 Å². The Balaban J connectivity index is 4.86. The molecule has 4 nitrogen and oxygen atoms in total. The molecule has 0 saturated carbocycles. The third-order valence-electron chi connectivity index (χ3n) is 1.54. The number of carbonyl (C=O) groups excluding carboxylic acids is 1. The van der Waals surface area contributed by atoms with Crippen molar-refractivity contribution >= 4 is 16.4 Å². The van der Waals surface area contributed by atoms with E-state index in [0.29, 0.717) is 0 Å². The molecule has 0 fully saturated rings. The van der Waals surface area contributed by atoms with E-state index in [0.717, 1.165) is 0 Å². The SMILES string of the molecule is CCC(C)(C=O)S(=O)(=O)O. The standard InChI is InChI=1S/C5H10O4S/c1-3-5(2,4-6)10(7,8)9/h4H,3H2,1-2H3,(H,7,8,9). The van der Waals surface area contributed by atoms with E-state index in [1.807, 2.05) is 0 Å². The largest absolute Gasteiger partial charge is 0.302 e. The second-order valence-electron chi connectivity index (χ2n) is 2.26. The fourth-order valence-electron chi connectivity index (χ4n) is 0.327. The summed E-state index contributed by atoms with van der Waals surface area (Å²) in [6, 6.07) is 0. The Morgan fingerprint density at radius 3 is 2.00 bits per heavy atom. The average molecular weight is 166 g/mol. The maximum atomic E-state index is 10.4. The molecular weight excluding hydrogens is 156 g/mol. The maximum absolute atomic E-state index is 10.4. The molecule has 0 aromatic heterocycles. The Hall–Kier alpha value is -0.420. The van der Waals surface area contributed by atoms with Crippen LogP contribution < -0.4 is 0 Å². The molecule has 1 N–H and O–H groups in total. The van der Waals surface area contributed by atoms with Crippen LogP contribution in [0.3, 0.4) is 0 Å². The van der Waals surface area contributed by atoms with Crippen LogP contribution in [-0.4, -0.2) is 24.0 Å². The summed E-state index contributed by atoms with van der Waals surface area (Å²) in [5, 5.41) is 0. The zero-order chi connectivity index (χ0) is 8.41. The highest BCUT2D eigenvalue weighted by Crippen LogP contribution is 2.16. The van der Waals surface area contributed by atoms with Crippen LogP contribution in [0.25, 0.3) is 0 Å². The van der Waals surface area contributed by atoms with Crippen molar-refractivity contribution in [3.8, 4) is 0 Å². The van der Waals surface area contributed by atoms with Gasteiger partial charge in [0, 0.05) is 0 Å². The predicted octanol–water partition coefficient (Wildman–Crippen LogP) is 0.242. The first-order valence-corrected chi connectivity index (χ1v) is 4.25. The lowest BCUT2D eigenvalue weighted by atomic mass is 10.1. The average Bonchev–Trinajstić information content (AvgIpc) is 1.84. The lowest BCUT2D eigenvalue weighted by molar-refractivity contribution is -0.109. The first-order valence-electron chi connectivity index (χ1n) is 2.81. The summed E-state index contributed by atoms with van der Waals surface area (Å²) in [6.07, 6.45) is 0.317. The van der Waals surface area contributed by atoms with E-state index in [-0.39, 0.29) is 12.7 Å². The van der Waals surface area contributed by atoms with Crippen molar-refractivity contribution in [1.82, 2.24) is 0 Å². The van der Waals surface area contributed by atoms with E-state index in [1.54, 1.807) is 0 Å². The highest BCUT2D eigenvalue weighted by molar-refractivity contribution is 7.88. The molecule has 60 valence electrons. The van der Waals surface area contributed by atoms with E-state index < -0.39 is 14.9 Å². The van der Waals surface area contributed by atoms with Gasteiger partial charge in [-0.3, -0.25) is 4.55 Å². The third-order valence-corrected chi connectivity index (χ3v) is 3.10. The Morgan fingerprint density at radius 2 is 2.00 bits per heavy atom. The summed E-state index contributed by atoms with van der Waals surface area (Å²) in [5.41, 5.74) is 0. The Labute approximate surface area is 60.0 Å². The molecule has 0 aromatic rings. The Kier molecular flexibility index (Phi) is 2.56. The molecule has 0 rings (SSSR count). The van der Waals surface area contributed by atoms with Crippen molar-refractivity contribution < 1.29 is 17.8 Å². The van der Waals surface area contributed by atoms with Gasteiger partial charge in [-0.1, -0.05) is 6.92 Å². The molecule has 0 aliphatic rings. The van der Waals surface area contributed by atoms with E-state index in [9.17, 15) is 13.2 Å². The number of rotatable bonds is 3. The molecule has 5 heteroatoms. The summed E-state index contributed by atoms with van der Waals surface area (Å²) in [5.74, 6) is 0. The second-order valence-corrected chi connectivity index (χ2v) is 4.14. The molecule has 0 aliphatic heterocycles. The molecular formula is C5H10O4S. The number of hydrogen-bond donors (Lipinski definition) is 1. The lowest BCUT2D eigenvalue weighted by Gasteiger charge is -2.15. The highest BCUT2D eigenvalue weighted by atomic mass is 32.2. The minimum Gasteiger partial charge on any atom is -0.302 e. The van der Waals surface area contributed by atoms with Gasteiger partial charge in [-0.05, 0) is 13.3 Å². The minimum atomic E-state index is -4.23. The van der Waals surface area contributed by atoms with Gasteiger partial charge in [-0.15, -0.1) is 0 Å². The molecule has 0 heterocycles. The van der Waals surface area contributed by atoms with Gasteiger partial charge < -0.3 is 4.79 Å². The summed E-state index contributed by atoms with van der Waals surface area (Å²) in [4.78, 5) is 10.2. The monoisotopic (exact) mass is 166 g/mol. The minimum absolute atomic E-state index is 0.0787. The molecule has 0 spiro atoms. The van der Waals surface area contributed by atoms with E-state index in [4.69, 9.17) is 4.55 Å². The van der Waals surface area contributed by atoms with Crippen molar-refractivity contribution in [3.63, 3.8) is 0 Å². The van der Waals surface area contributed by atoms with Crippen LogP contribution in [0.4, 0.5) is 0 Å². The van der Waals surface area contributed by atoms with Gasteiger partial charge in [0.25, 0.3) is 10.1 Å². The summed E-state index contributed by atoms with van der Waals surface area (Å²) >= 11 is 0. The van der Waals surface area contributed by atoms with Gasteiger partial charge in [0.2, 0.25) is 0 Å². The van der Waals surface area contributed by atoms with Crippen LogP contribution in [0.2, 0.25) is 0 Å². The molecule has 1 atom stereocenters. The van der Waals surface area contributed by atoms with E-state index in [2.05, 4.69) is 0 Å². The molecule has 1 unspecified atom stereocenters. The van der Waals surface area contributed by atoms with Crippen LogP contribution in [0.5, 0.6) is 0 Å². The second kappa shape index (κ2) is 2.67. The van der Waals surface area contributed by atoms with Crippen molar-refractivity contribution in [3.05, 3.63) is 0 Å². The zero-order valence-corrected chi connectivity index (χ0v) is 6.68. The molecule has 0 radical (unpaired) electrons. The predicted molar refractivity (Wildman–Crippen MR) is 36.3 cm³/mol. The van der Waals surface area contributed by atoms with Crippen molar-refractivity contribution in [1.29, 1.82) is 0 Å². The molecule has 0 saturated heterocycles. The molecule has 0 aromatic carbocycles. The summed E-state index contributed by atoms with van der Waals surface area (Å²) < 4.78 is 27.7. The quantitative estimate of drug-likeness (QED) is 0.481. The Bertz CT molecular complexity index is 218. The van der Waals surface area contributed by atoms with Crippen molar-refractivity contribution in [2.75, 3.05) is 0 Å². The third kappa shape index (κ3) is 1.54. The van der Waals surface area contributed by atoms with Gasteiger partial charge in [-0.25, -0.2) is 0 Å². The molecule has 10 heavy (non-hydrogen) atoms. The number of hydrogen-bond acceptors (Lipinski definition) is 3. The lowest BCUT2D eigenvalue weighted by Crippen LogP contribution is -2.35. The van der Waals surface area contributed by atoms with Gasteiger partial charge in [0.1, 0.15) is 11.0 Å². The molecule has 0 aliphatic carbocycles. The summed E-state index contributed by atoms with van der Waals surface area (Å²) in [6.45, 7) is 2.69.